The van der Waals surface area contributed by atoms with Gasteiger partial charge < -0.3 is 15.0 Å². The Labute approximate surface area is 169 Å². The summed E-state index contributed by atoms with van der Waals surface area (Å²) in [6.45, 7) is 1.06. The van der Waals surface area contributed by atoms with Gasteiger partial charge in [0.2, 0.25) is 11.8 Å². The predicted molar refractivity (Wildman–Crippen MR) is 107 cm³/mol. The van der Waals surface area contributed by atoms with Crippen LogP contribution in [0.25, 0.3) is 0 Å². The van der Waals surface area contributed by atoms with E-state index in [-0.39, 0.29) is 30.3 Å². The van der Waals surface area contributed by atoms with Crippen molar-refractivity contribution < 1.29 is 18.7 Å². The quantitative estimate of drug-likeness (QED) is 0.846. The number of hydrogen-bond donors (Lipinski definition) is 1. The summed E-state index contributed by atoms with van der Waals surface area (Å²) in [4.78, 5) is 26.7. The molecule has 4 rings (SSSR count). The van der Waals surface area contributed by atoms with Crippen molar-refractivity contribution in [2.24, 2.45) is 0 Å². The highest BCUT2D eigenvalue weighted by atomic mass is 19.1. The van der Waals surface area contributed by atoms with Gasteiger partial charge in [-0.15, -0.1) is 0 Å². The van der Waals surface area contributed by atoms with Crippen LogP contribution in [0.4, 0.5) is 4.39 Å². The molecule has 29 heavy (non-hydrogen) atoms. The van der Waals surface area contributed by atoms with Crippen LogP contribution in [0.3, 0.4) is 0 Å². The second-order valence-electron chi connectivity index (χ2n) is 7.75. The molecule has 6 heteroatoms. The molecule has 2 saturated heterocycles. The number of ether oxygens (including phenoxy) is 1. The number of amides is 2. The summed E-state index contributed by atoms with van der Waals surface area (Å²) >= 11 is 0. The van der Waals surface area contributed by atoms with Gasteiger partial charge in [-0.2, -0.15) is 0 Å². The number of aryl methyl sites for hydroxylation is 1. The van der Waals surface area contributed by atoms with Crippen molar-refractivity contribution in [1.29, 1.82) is 0 Å². The van der Waals surface area contributed by atoms with Gasteiger partial charge in [0.25, 0.3) is 0 Å². The van der Waals surface area contributed by atoms with Gasteiger partial charge in [-0.25, -0.2) is 4.39 Å². The summed E-state index contributed by atoms with van der Waals surface area (Å²) in [5.41, 5.74) is 1.46. The molecule has 0 spiro atoms. The van der Waals surface area contributed by atoms with Crippen molar-refractivity contribution >= 4 is 11.8 Å². The number of benzene rings is 2. The van der Waals surface area contributed by atoms with Crippen molar-refractivity contribution in [2.75, 3.05) is 19.7 Å². The molecule has 2 aliphatic rings. The molecule has 2 atom stereocenters. The molecule has 152 valence electrons. The zero-order chi connectivity index (χ0) is 20.3. The zero-order valence-corrected chi connectivity index (χ0v) is 16.3. The number of rotatable bonds is 5. The van der Waals surface area contributed by atoms with Crippen LogP contribution < -0.4 is 5.32 Å². The molecule has 2 fully saturated rings. The lowest BCUT2D eigenvalue weighted by Crippen LogP contribution is -2.67. The van der Waals surface area contributed by atoms with Crippen LogP contribution in [0.2, 0.25) is 0 Å². The molecule has 2 amide bonds. The maximum atomic E-state index is 13.0. The first kappa shape index (κ1) is 19.6. The van der Waals surface area contributed by atoms with Crippen LogP contribution in [0.1, 0.15) is 30.4 Å². The van der Waals surface area contributed by atoms with Crippen LogP contribution in [0, 0.1) is 5.82 Å². The molecule has 0 aromatic heterocycles. The minimum atomic E-state index is -0.582. The second-order valence-corrected chi connectivity index (χ2v) is 7.75. The number of nitrogens with one attached hydrogen (secondary N) is 1. The third-order valence-corrected chi connectivity index (χ3v) is 5.90. The fraction of sp³-hybridized carbons (Fsp3) is 0.391. The number of morpholine rings is 1. The number of likely N-dealkylation sites (tertiary alicyclic amines) is 1. The number of fused-ring (bicyclic) bond motifs is 1. The molecule has 0 radical (unpaired) electrons. The van der Waals surface area contributed by atoms with Crippen molar-refractivity contribution in [2.45, 2.75) is 37.3 Å². The molecule has 2 aromatic rings. The molecular weight excluding hydrogens is 371 g/mol. The van der Waals surface area contributed by atoms with Crippen molar-refractivity contribution in [1.82, 2.24) is 10.2 Å². The van der Waals surface area contributed by atoms with E-state index in [4.69, 9.17) is 4.74 Å². The van der Waals surface area contributed by atoms with E-state index in [0.29, 0.717) is 32.4 Å². The standard InChI is InChI=1S/C23H25FN2O3/c24-19-11-9-17(10-12-19)5-4-8-22(28)26-14-13-23(18-6-2-1-3-7-18)20(15-26)29-16-21(27)25-23/h1-3,6-7,9-12,20H,4-5,8,13-16H2,(H,25,27)/t20-,23+/m1/s1. The predicted octanol–water partition coefficient (Wildman–Crippen LogP) is 2.79. The molecule has 5 nitrogen and oxygen atoms in total. The summed E-state index contributed by atoms with van der Waals surface area (Å²) < 4.78 is 18.9. The average Bonchev–Trinajstić information content (AvgIpc) is 2.75. The first-order valence-corrected chi connectivity index (χ1v) is 10.1. The van der Waals surface area contributed by atoms with Gasteiger partial charge in [-0.05, 0) is 42.5 Å². The van der Waals surface area contributed by atoms with E-state index in [0.717, 1.165) is 17.5 Å². The monoisotopic (exact) mass is 396 g/mol. The molecule has 2 aliphatic heterocycles. The number of nitrogens with zero attached hydrogens (tertiary/aromatic N) is 1. The third kappa shape index (κ3) is 4.17. The highest BCUT2D eigenvalue weighted by Gasteiger charge is 2.49. The fourth-order valence-electron chi connectivity index (χ4n) is 4.34. The highest BCUT2D eigenvalue weighted by molar-refractivity contribution is 5.80. The zero-order valence-electron chi connectivity index (χ0n) is 16.3. The van der Waals surface area contributed by atoms with E-state index in [9.17, 15) is 14.0 Å². The smallest absolute Gasteiger partial charge is 0.246 e. The summed E-state index contributed by atoms with van der Waals surface area (Å²) in [6, 6.07) is 16.3. The van der Waals surface area contributed by atoms with Gasteiger partial charge in [-0.1, -0.05) is 42.5 Å². The lowest BCUT2D eigenvalue weighted by Gasteiger charge is -2.50. The minimum absolute atomic E-state index is 0.0197. The van der Waals surface area contributed by atoms with Gasteiger partial charge in [0.15, 0.2) is 0 Å². The van der Waals surface area contributed by atoms with Gasteiger partial charge in [0.1, 0.15) is 18.5 Å². The lowest BCUT2D eigenvalue weighted by atomic mass is 9.77. The topological polar surface area (TPSA) is 58.6 Å². The van der Waals surface area contributed by atoms with Crippen LogP contribution in [0.5, 0.6) is 0 Å². The average molecular weight is 396 g/mol. The molecule has 1 N–H and O–H groups in total. The second kappa shape index (κ2) is 8.33. The number of carbonyl (C=O) groups excluding carboxylic acids is 2. The third-order valence-electron chi connectivity index (χ3n) is 5.90. The first-order valence-electron chi connectivity index (χ1n) is 10.1. The van der Waals surface area contributed by atoms with Crippen LogP contribution >= 0.6 is 0 Å². The van der Waals surface area contributed by atoms with E-state index in [2.05, 4.69) is 5.32 Å². The Hall–Kier alpha value is -2.73. The first-order chi connectivity index (χ1) is 14.1. The Morgan fingerprint density at radius 3 is 2.69 bits per heavy atom. The lowest BCUT2D eigenvalue weighted by molar-refractivity contribution is -0.157. The van der Waals surface area contributed by atoms with E-state index in [1.165, 1.54) is 12.1 Å². The van der Waals surface area contributed by atoms with Crippen LogP contribution in [0.15, 0.2) is 54.6 Å². The Morgan fingerprint density at radius 1 is 1.17 bits per heavy atom. The van der Waals surface area contributed by atoms with E-state index in [1.54, 1.807) is 12.1 Å². The van der Waals surface area contributed by atoms with Gasteiger partial charge in [0.05, 0.1) is 5.54 Å². The molecule has 0 aliphatic carbocycles. The van der Waals surface area contributed by atoms with E-state index in [1.807, 2.05) is 35.2 Å². The molecule has 2 heterocycles. The van der Waals surface area contributed by atoms with Gasteiger partial charge in [0, 0.05) is 19.5 Å². The van der Waals surface area contributed by atoms with E-state index >= 15 is 0 Å². The Kier molecular flexibility index (Phi) is 5.62. The molecule has 0 unspecified atom stereocenters. The summed E-state index contributed by atoms with van der Waals surface area (Å²) in [5.74, 6) is -0.280. The maximum absolute atomic E-state index is 13.0. The van der Waals surface area contributed by atoms with Crippen molar-refractivity contribution in [3.8, 4) is 0 Å². The SMILES string of the molecule is O=C1CO[C@@H]2CN(C(=O)CCCc3ccc(F)cc3)CC[C@@]2(c2ccccc2)N1. The highest BCUT2D eigenvalue weighted by Crippen LogP contribution is 2.37. The summed E-state index contributed by atoms with van der Waals surface area (Å²) in [7, 11) is 0. The fourth-order valence-corrected chi connectivity index (χ4v) is 4.34. The Bertz CT molecular complexity index is 871. The number of halogens is 1. The summed E-state index contributed by atoms with van der Waals surface area (Å²) in [6.07, 6.45) is 2.25. The van der Waals surface area contributed by atoms with Gasteiger partial charge in [-0.3, -0.25) is 9.59 Å². The molecule has 2 aromatic carbocycles. The largest absolute Gasteiger partial charge is 0.364 e. The van der Waals surface area contributed by atoms with Crippen molar-refractivity contribution in [3.63, 3.8) is 0 Å². The molecule has 0 saturated carbocycles. The van der Waals surface area contributed by atoms with Gasteiger partial charge >= 0.3 is 0 Å². The molecular formula is C23H25FN2O3. The normalized spacial score (nSPS) is 24.0. The Balaban J connectivity index is 1.38. The van der Waals surface area contributed by atoms with E-state index < -0.39 is 5.54 Å². The summed E-state index contributed by atoms with van der Waals surface area (Å²) in [5, 5.41) is 3.14. The number of carbonyl (C=O) groups is 2. The maximum Gasteiger partial charge on any atom is 0.246 e. The number of piperidine rings is 1. The Morgan fingerprint density at radius 2 is 1.93 bits per heavy atom. The van der Waals surface area contributed by atoms with Crippen molar-refractivity contribution in [3.05, 3.63) is 71.5 Å². The number of hydrogen-bond acceptors (Lipinski definition) is 3. The minimum Gasteiger partial charge on any atom is -0.364 e. The van der Waals surface area contributed by atoms with Crippen LogP contribution in [-0.2, 0) is 26.3 Å². The van der Waals surface area contributed by atoms with Crippen LogP contribution in [-0.4, -0.2) is 42.5 Å². The molecule has 0 bridgehead atoms.